The third kappa shape index (κ3) is 1.27. The number of aromatic nitrogens is 1. The molecular formula is C11H9ClN2O. The molecule has 1 fully saturated rings. The van der Waals surface area contributed by atoms with E-state index in [4.69, 9.17) is 11.6 Å². The number of pyridine rings is 1. The number of hydrogen-bond acceptors (Lipinski definition) is 2. The van der Waals surface area contributed by atoms with Crippen molar-refractivity contribution in [1.29, 1.82) is 0 Å². The fraction of sp³-hybridized carbons (Fsp3) is 0.273. The predicted molar refractivity (Wildman–Crippen MR) is 57.8 cm³/mol. The lowest BCUT2D eigenvalue weighted by molar-refractivity contribution is -0.119. The fourth-order valence-electron chi connectivity index (χ4n) is 2.23. The van der Waals surface area contributed by atoms with Gasteiger partial charge >= 0.3 is 0 Å². The van der Waals surface area contributed by atoms with E-state index in [1.165, 1.54) is 0 Å². The molecule has 0 spiro atoms. The Morgan fingerprint density at radius 2 is 2.27 bits per heavy atom. The average Bonchev–Trinajstić information content (AvgIpc) is 2.80. The van der Waals surface area contributed by atoms with Crippen LogP contribution < -0.4 is 4.90 Å². The molecule has 2 atom stereocenters. The van der Waals surface area contributed by atoms with Gasteiger partial charge in [0.25, 0.3) is 0 Å². The lowest BCUT2D eigenvalue weighted by atomic mass is 10.1. The first-order valence-corrected chi connectivity index (χ1v) is 5.26. The first-order chi connectivity index (χ1) is 7.25. The van der Waals surface area contributed by atoms with Crippen LogP contribution in [0.3, 0.4) is 0 Å². The zero-order chi connectivity index (χ0) is 10.4. The molecule has 0 N–H and O–H groups in total. The molecular weight excluding hydrogens is 212 g/mol. The van der Waals surface area contributed by atoms with Gasteiger partial charge in [-0.2, -0.15) is 0 Å². The van der Waals surface area contributed by atoms with Gasteiger partial charge in [-0.25, -0.2) is 4.98 Å². The molecule has 2 bridgehead atoms. The molecule has 0 aromatic carbocycles. The number of rotatable bonds is 1. The summed E-state index contributed by atoms with van der Waals surface area (Å²) >= 11 is 5.71. The Kier molecular flexibility index (Phi) is 1.83. The van der Waals surface area contributed by atoms with Crippen LogP contribution in [-0.2, 0) is 4.79 Å². The van der Waals surface area contributed by atoms with Crippen molar-refractivity contribution in [2.45, 2.75) is 12.5 Å². The quantitative estimate of drug-likeness (QED) is 0.536. The maximum Gasteiger partial charge on any atom is 0.234 e. The number of amides is 1. The van der Waals surface area contributed by atoms with E-state index in [1.807, 2.05) is 12.1 Å². The monoisotopic (exact) mass is 220 g/mol. The highest BCUT2D eigenvalue weighted by Gasteiger charge is 2.41. The van der Waals surface area contributed by atoms with E-state index in [0.717, 1.165) is 12.1 Å². The summed E-state index contributed by atoms with van der Waals surface area (Å²) in [5.41, 5.74) is 0.834. The molecule has 1 saturated heterocycles. The first kappa shape index (κ1) is 8.92. The molecule has 2 aliphatic rings. The topological polar surface area (TPSA) is 33.2 Å². The lowest BCUT2D eigenvalue weighted by Gasteiger charge is -2.23. The number of nitrogens with zero attached hydrogens (tertiary/aromatic N) is 2. The van der Waals surface area contributed by atoms with Gasteiger partial charge in [0.2, 0.25) is 5.91 Å². The average molecular weight is 221 g/mol. The van der Waals surface area contributed by atoms with Gasteiger partial charge in [-0.3, -0.25) is 4.79 Å². The maximum atomic E-state index is 11.9. The van der Waals surface area contributed by atoms with Crippen molar-refractivity contribution in [3.05, 3.63) is 35.6 Å². The van der Waals surface area contributed by atoms with Gasteiger partial charge in [-0.15, -0.1) is 0 Å². The minimum absolute atomic E-state index is 0.0747. The molecule has 3 rings (SSSR count). The summed E-state index contributed by atoms with van der Waals surface area (Å²) in [7, 11) is 0. The standard InChI is InChI=1S/C11H9ClN2O/c12-10-4-3-9(6-13-10)14-8-2-1-7(5-8)11(14)15/h1-4,6-8H,5H2. The number of carbonyl (C=O) groups excluding carboxylic acids is 1. The third-order valence-electron chi connectivity index (χ3n) is 2.94. The molecule has 76 valence electrons. The Bertz CT molecular complexity index is 440. The fourth-order valence-corrected chi connectivity index (χ4v) is 2.34. The number of carbonyl (C=O) groups is 1. The van der Waals surface area contributed by atoms with E-state index >= 15 is 0 Å². The van der Waals surface area contributed by atoms with Crippen LogP contribution in [-0.4, -0.2) is 16.9 Å². The molecule has 0 radical (unpaired) electrons. The van der Waals surface area contributed by atoms with Gasteiger partial charge in [0.15, 0.2) is 0 Å². The summed E-state index contributed by atoms with van der Waals surface area (Å²) < 4.78 is 0. The molecule has 15 heavy (non-hydrogen) atoms. The van der Waals surface area contributed by atoms with Crippen LogP contribution in [0.1, 0.15) is 6.42 Å². The molecule has 1 aliphatic carbocycles. The van der Waals surface area contributed by atoms with Crippen molar-refractivity contribution >= 4 is 23.2 Å². The first-order valence-electron chi connectivity index (χ1n) is 4.88. The summed E-state index contributed by atoms with van der Waals surface area (Å²) in [6.45, 7) is 0. The Labute approximate surface area is 92.4 Å². The normalized spacial score (nSPS) is 27.8. The molecule has 2 heterocycles. The predicted octanol–water partition coefficient (Wildman–Crippen LogP) is 2.03. The Balaban J connectivity index is 1.98. The second kappa shape index (κ2) is 3.07. The van der Waals surface area contributed by atoms with E-state index in [0.29, 0.717) is 5.15 Å². The maximum absolute atomic E-state index is 11.9. The molecule has 1 aromatic rings. The van der Waals surface area contributed by atoms with Gasteiger partial charge < -0.3 is 4.90 Å². The highest BCUT2D eigenvalue weighted by molar-refractivity contribution is 6.29. The van der Waals surface area contributed by atoms with Crippen LogP contribution in [0.5, 0.6) is 0 Å². The molecule has 0 saturated carbocycles. The SMILES string of the molecule is O=C1C2C=CC(C2)N1c1ccc(Cl)nc1. The zero-order valence-corrected chi connectivity index (χ0v) is 8.69. The van der Waals surface area contributed by atoms with E-state index < -0.39 is 0 Å². The van der Waals surface area contributed by atoms with Crippen LogP contribution >= 0.6 is 11.6 Å². The van der Waals surface area contributed by atoms with Crippen molar-refractivity contribution in [2.24, 2.45) is 5.92 Å². The summed E-state index contributed by atoms with van der Waals surface area (Å²) in [4.78, 5) is 17.7. The van der Waals surface area contributed by atoms with E-state index in [9.17, 15) is 4.79 Å². The molecule has 1 aliphatic heterocycles. The van der Waals surface area contributed by atoms with Crippen molar-refractivity contribution in [3.63, 3.8) is 0 Å². The van der Waals surface area contributed by atoms with Crippen LogP contribution in [0, 0.1) is 5.92 Å². The summed E-state index contributed by atoms with van der Waals surface area (Å²) in [6, 6.07) is 3.76. The Morgan fingerprint density at radius 1 is 1.40 bits per heavy atom. The van der Waals surface area contributed by atoms with Gasteiger partial charge in [-0.1, -0.05) is 23.8 Å². The lowest BCUT2D eigenvalue weighted by Crippen LogP contribution is -2.34. The molecule has 2 unspecified atom stereocenters. The highest BCUT2D eigenvalue weighted by Crippen LogP contribution is 2.36. The Hall–Kier alpha value is -1.35. The zero-order valence-electron chi connectivity index (χ0n) is 7.93. The van der Waals surface area contributed by atoms with Crippen LogP contribution in [0.25, 0.3) is 0 Å². The van der Waals surface area contributed by atoms with Gasteiger partial charge in [0, 0.05) is 0 Å². The van der Waals surface area contributed by atoms with Crippen molar-refractivity contribution < 1.29 is 4.79 Å². The minimum Gasteiger partial charge on any atom is -0.303 e. The van der Waals surface area contributed by atoms with Crippen LogP contribution in [0.15, 0.2) is 30.5 Å². The van der Waals surface area contributed by atoms with E-state index in [1.54, 1.807) is 17.2 Å². The Morgan fingerprint density at radius 3 is 2.87 bits per heavy atom. The second-order valence-corrected chi connectivity index (χ2v) is 4.23. The summed E-state index contributed by atoms with van der Waals surface area (Å²) in [6.07, 6.45) is 6.63. The summed E-state index contributed by atoms with van der Waals surface area (Å²) in [5, 5.41) is 0.450. The van der Waals surface area contributed by atoms with E-state index in [2.05, 4.69) is 11.1 Å². The van der Waals surface area contributed by atoms with E-state index in [-0.39, 0.29) is 17.9 Å². The largest absolute Gasteiger partial charge is 0.303 e. The minimum atomic E-state index is 0.0747. The van der Waals surface area contributed by atoms with Crippen molar-refractivity contribution in [2.75, 3.05) is 4.90 Å². The third-order valence-corrected chi connectivity index (χ3v) is 3.16. The van der Waals surface area contributed by atoms with Crippen LogP contribution in [0.4, 0.5) is 5.69 Å². The molecule has 1 aromatic heterocycles. The van der Waals surface area contributed by atoms with Gasteiger partial charge in [-0.05, 0) is 18.6 Å². The molecule has 1 amide bonds. The highest BCUT2D eigenvalue weighted by atomic mass is 35.5. The number of hydrogen-bond donors (Lipinski definition) is 0. The second-order valence-electron chi connectivity index (χ2n) is 3.84. The van der Waals surface area contributed by atoms with Gasteiger partial charge in [0.05, 0.1) is 23.8 Å². The van der Waals surface area contributed by atoms with Crippen molar-refractivity contribution in [1.82, 2.24) is 4.98 Å². The number of anilines is 1. The van der Waals surface area contributed by atoms with Crippen molar-refractivity contribution in [3.8, 4) is 0 Å². The molecule has 3 nitrogen and oxygen atoms in total. The smallest absolute Gasteiger partial charge is 0.234 e. The van der Waals surface area contributed by atoms with Crippen LogP contribution in [0.2, 0.25) is 5.15 Å². The van der Waals surface area contributed by atoms with Gasteiger partial charge in [0.1, 0.15) is 5.15 Å². The number of halogens is 1. The number of fused-ring (bicyclic) bond motifs is 2. The molecule has 4 heteroatoms. The summed E-state index contributed by atoms with van der Waals surface area (Å²) in [5.74, 6) is 0.248.